The Labute approximate surface area is 156 Å². The Balaban J connectivity index is 1.98. The molecule has 144 valence electrons. The van der Waals surface area contributed by atoms with Gasteiger partial charge in [-0.2, -0.15) is 0 Å². The molecule has 25 heavy (non-hydrogen) atoms. The first-order chi connectivity index (χ1) is 12.0. The number of unbranched alkanes of at least 4 members (excludes halogenated alkanes) is 10. The van der Waals surface area contributed by atoms with E-state index in [4.69, 9.17) is 8.85 Å². The van der Waals surface area contributed by atoms with Crippen LogP contribution in [0.3, 0.4) is 0 Å². The predicted octanol–water partition coefficient (Wildman–Crippen LogP) is 6.80. The molecule has 4 heteroatoms. The fourth-order valence-electron chi connectivity index (χ4n) is 2.94. The van der Waals surface area contributed by atoms with Gasteiger partial charge in [-0.25, -0.2) is 4.98 Å². The first-order valence-corrected chi connectivity index (χ1v) is 13.1. The van der Waals surface area contributed by atoms with Gasteiger partial charge in [-0.3, -0.25) is 0 Å². The van der Waals surface area contributed by atoms with E-state index in [1.807, 2.05) is 25.1 Å². The summed E-state index contributed by atoms with van der Waals surface area (Å²) in [7, 11) is -2.13. The van der Waals surface area contributed by atoms with Gasteiger partial charge in [0.2, 0.25) is 5.88 Å². The van der Waals surface area contributed by atoms with Crippen LogP contribution in [0.4, 0.5) is 0 Å². The maximum atomic E-state index is 6.03. The summed E-state index contributed by atoms with van der Waals surface area (Å²) in [6, 6.07) is 5.87. The minimum atomic E-state index is -2.13. The molecule has 0 unspecified atom stereocenters. The van der Waals surface area contributed by atoms with Gasteiger partial charge in [-0.15, -0.1) is 0 Å². The summed E-state index contributed by atoms with van der Waals surface area (Å²) < 4.78 is 12.0. The van der Waals surface area contributed by atoms with E-state index in [2.05, 4.69) is 25.0 Å². The van der Waals surface area contributed by atoms with Crippen molar-refractivity contribution in [2.24, 2.45) is 0 Å². The van der Waals surface area contributed by atoms with E-state index in [0.717, 1.165) is 18.7 Å². The van der Waals surface area contributed by atoms with Crippen molar-refractivity contribution in [1.82, 2.24) is 4.98 Å². The van der Waals surface area contributed by atoms with Crippen LogP contribution in [0, 0.1) is 6.92 Å². The fourth-order valence-corrected chi connectivity index (χ4v) is 4.25. The number of aryl methyl sites for hydroxylation is 1. The molecular weight excluding hydrogens is 326 g/mol. The standard InChI is InChI=1S/C21H39NO2Si/c1-5-6-7-8-9-10-11-12-13-14-15-19-23-25(3,4)24-21-18-16-17-20(2)22-21/h16-18H,5-15,19H2,1-4H3. The highest BCUT2D eigenvalue weighted by molar-refractivity contribution is 6.65. The number of hydrogen-bond acceptors (Lipinski definition) is 3. The van der Waals surface area contributed by atoms with Crippen molar-refractivity contribution >= 4 is 8.56 Å². The smallest absolute Gasteiger partial charge is 0.393 e. The SMILES string of the molecule is CCCCCCCCCCCCCO[Si](C)(C)Oc1cccc(C)n1. The van der Waals surface area contributed by atoms with Gasteiger partial charge in [0.25, 0.3) is 0 Å². The molecule has 0 saturated carbocycles. The molecule has 0 radical (unpaired) electrons. The van der Waals surface area contributed by atoms with E-state index in [1.165, 1.54) is 64.2 Å². The molecule has 0 N–H and O–H groups in total. The third kappa shape index (κ3) is 12.2. The van der Waals surface area contributed by atoms with Crippen molar-refractivity contribution in [3.63, 3.8) is 0 Å². The summed E-state index contributed by atoms with van der Waals surface area (Å²) in [5.74, 6) is 0.690. The number of hydrogen-bond donors (Lipinski definition) is 0. The van der Waals surface area contributed by atoms with Crippen molar-refractivity contribution in [1.29, 1.82) is 0 Å². The van der Waals surface area contributed by atoms with Crippen molar-refractivity contribution in [3.8, 4) is 5.88 Å². The van der Waals surface area contributed by atoms with Crippen molar-refractivity contribution in [3.05, 3.63) is 23.9 Å². The molecule has 0 fully saturated rings. The lowest BCUT2D eigenvalue weighted by atomic mass is 10.1. The molecular formula is C21H39NO2Si. The van der Waals surface area contributed by atoms with E-state index in [-0.39, 0.29) is 0 Å². The summed E-state index contributed by atoms with van der Waals surface area (Å²) in [6.07, 6.45) is 14.9. The summed E-state index contributed by atoms with van der Waals surface area (Å²) >= 11 is 0. The van der Waals surface area contributed by atoms with Crippen LogP contribution in [0.5, 0.6) is 5.88 Å². The second kappa shape index (κ2) is 13.3. The number of pyridine rings is 1. The summed E-state index contributed by atoms with van der Waals surface area (Å²) in [5, 5.41) is 0. The summed E-state index contributed by atoms with van der Waals surface area (Å²) in [4.78, 5) is 4.40. The lowest BCUT2D eigenvalue weighted by Crippen LogP contribution is -2.39. The van der Waals surface area contributed by atoms with Crippen molar-refractivity contribution in [2.45, 2.75) is 97.6 Å². The molecule has 1 aromatic rings. The van der Waals surface area contributed by atoms with E-state index in [1.54, 1.807) is 0 Å². The summed E-state index contributed by atoms with van der Waals surface area (Å²) in [5.41, 5.74) is 0.979. The lowest BCUT2D eigenvalue weighted by Gasteiger charge is -2.23. The van der Waals surface area contributed by atoms with Crippen LogP contribution in [0.25, 0.3) is 0 Å². The predicted molar refractivity (Wildman–Crippen MR) is 109 cm³/mol. The monoisotopic (exact) mass is 365 g/mol. The average molecular weight is 366 g/mol. The van der Waals surface area contributed by atoms with Gasteiger partial charge in [0.15, 0.2) is 0 Å². The first kappa shape index (κ1) is 22.2. The third-order valence-electron chi connectivity index (χ3n) is 4.41. The third-order valence-corrected chi connectivity index (χ3v) is 6.01. The zero-order valence-corrected chi connectivity index (χ0v) is 18.0. The van der Waals surface area contributed by atoms with Gasteiger partial charge in [0.1, 0.15) is 0 Å². The van der Waals surface area contributed by atoms with Crippen LogP contribution in [0.15, 0.2) is 18.2 Å². The highest BCUT2D eigenvalue weighted by Gasteiger charge is 2.27. The molecule has 1 heterocycles. The molecule has 0 aromatic carbocycles. The average Bonchev–Trinajstić information content (AvgIpc) is 2.55. The van der Waals surface area contributed by atoms with Gasteiger partial charge >= 0.3 is 8.56 Å². The topological polar surface area (TPSA) is 31.4 Å². The Kier molecular flexibility index (Phi) is 11.8. The maximum Gasteiger partial charge on any atom is 0.393 e. The van der Waals surface area contributed by atoms with Crippen LogP contribution in [-0.4, -0.2) is 20.2 Å². The zero-order chi connectivity index (χ0) is 18.4. The summed E-state index contributed by atoms with van der Waals surface area (Å²) in [6.45, 7) is 9.25. The number of aromatic nitrogens is 1. The molecule has 0 spiro atoms. The molecule has 1 rings (SSSR count). The maximum absolute atomic E-state index is 6.03. The molecule has 1 aromatic heterocycles. The van der Waals surface area contributed by atoms with E-state index < -0.39 is 8.56 Å². The van der Waals surface area contributed by atoms with E-state index in [0.29, 0.717) is 5.88 Å². The Bertz CT molecular complexity index is 451. The number of rotatable bonds is 15. The minimum absolute atomic E-state index is 0.690. The van der Waals surface area contributed by atoms with Gasteiger partial charge in [-0.05, 0) is 38.6 Å². The molecule has 0 aliphatic carbocycles. The van der Waals surface area contributed by atoms with Gasteiger partial charge in [-0.1, -0.05) is 77.2 Å². The molecule has 0 bridgehead atoms. The van der Waals surface area contributed by atoms with Gasteiger partial charge in [0.05, 0.1) is 0 Å². The van der Waals surface area contributed by atoms with Crippen LogP contribution in [0.2, 0.25) is 13.1 Å². The molecule has 0 amide bonds. The van der Waals surface area contributed by atoms with Crippen LogP contribution in [-0.2, 0) is 4.43 Å². The normalized spacial score (nSPS) is 11.7. The highest BCUT2D eigenvalue weighted by Crippen LogP contribution is 2.16. The Morgan fingerprint density at radius 3 is 1.96 bits per heavy atom. The van der Waals surface area contributed by atoms with Crippen LogP contribution in [0.1, 0.15) is 83.2 Å². The second-order valence-corrected chi connectivity index (χ2v) is 10.8. The van der Waals surface area contributed by atoms with E-state index in [9.17, 15) is 0 Å². The van der Waals surface area contributed by atoms with Gasteiger partial charge in [0, 0.05) is 12.3 Å². The van der Waals surface area contributed by atoms with Crippen LogP contribution < -0.4 is 4.43 Å². The highest BCUT2D eigenvalue weighted by atomic mass is 28.4. The Morgan fingerprint density at radius 1 is 0.840 bits per heavy atom. The largest absolute Gasteiger partial charge is 0.506 e. The molecule has 0 saturated heterocycles. The second-order valence-electron chi connectivity index (χ2n) is 7.50. The quantitative estimate of drug-likeness (QED) is 0.253. The molecule has 0 aliphatic rings. The minimum Gasteiger partial charge on any atom is -0.506 e. The zero-order valence-electron chi connectivity index (χ0n) is 17.0. The van der Waals surface area contributed by atoms with Crippen molar-refractivity contribution in [2.75, 3.05) is 6.61 Å². The first-order valence-electron chi connectivity index (χ1n) is 10.3. The number of nitrogens with zero attached hydrogens (tertiary/aromatic N) is 1. The Morgan fingerprint density at radius 2 is 1.40 bits per heavy atom. The molecule has 0 atom stereocenters. The van der Waals surface area contributed by atoms with E-state index >= 15 is 0 Å². The van der Waals surface area contributed by atoms with Crippen molar-refractivity contribution < 1.29 is 8.85 Å². The van der Waals surface area contributed by atoms with Gasteiger partial charge < -0.3 is 8.85 Å². The molecule has 0 aliphatic heterocycles. The Hall–Kier alpha value is -0.873. The lowest BCUT2D eigenvalue weighted by molar-refractivity contribution is 0.238. The fraction of sp³-hybridized carbons (Fsp3) is 0.762. The molecule has 3 nitrogen and oxygen atoms in total. The van der Waals surface area contributed by atoms with Crippen LogP contribution >= 0.6 is 0 Å².